The van der Waals surface area contributed by atoms with Crippen molar-refractivity contribution in [1.29, 1.82) is 0 Å². The smallest absolute Gasteiger partial charge is 0.449 e. The lowest BCUT2D eigenvalue weighted by atomic mass is 10.3. The molecule has 1 aromatic heterocycles. The first-order chi connectivity index (χ1) is 9.72. The molecule has 0 saturated carbocycles. The Kier molecular flexibility index (Phi) is 3.58. The number of ether oxygens (including phenoxy) is 1. The molecule has 0 radical (unpaired) electrons. The SMILES string of the molecule is O=C(O)Oc1nc2ccccc2s1.c1ccc2c(c1)S2. The zero-order valence-electron chi connectivity index (χ0n) is 10.1. The average Bonchev–Trinajstić information content (AvgIpc) is 3.11. The van der Waals surface area contributed by atoms with E-state index in [1.807, 2.05) is 30.0 Å². The van der Waals surface area contributed by atoms with Crippen molar-refractivity contribution in [3.8, 4) is 5.19 Å². The fraction of sp³-hybridized carbons (Fsp3) is 0. The van der Waals surface area contributed by atoms with Crippen LogP contribution in [0.3, 0.4) is 0 Å². The standard InChI is InChI=1S/C8H5NO3S.C6H4S/c10-8(11)12-7-9-5-3-1-2-4-6(5)13-7;1-2-4-6-5(3-1)7-6/h1-4H,(H,10,11);1-4H. The molecule has 0 spiro atoms. The Morgan fingerprint density at radius 2 is 1.70 bits per heavy atom. The van der Waals surface area contributed by atoms with Crippen LogP contribution in [0, 0.1) is 0 Å². The number of hydrogen-bond acceptors (Lipinski definition) is 5. The van der Waals surface area contributed by atoms with Gasteiger partial charge in [-0.05, 0) is 24.3 Å². The Balaban J connectivity index is 0.000000144. The Bertz CT molecular complexity index is 716. The minimum Gasteiger partial charge on any atom is -0.449 e. The predicted molar refractivity (Wildman–Crippen MR) is 78.8 cm³/mol. The van der Waals surface area contributed by atoms with Crippen molar-refractivity contribution in [3.05, 3.63) is 48.5 Å². The van der Waals surface area contributed by atoms with Gasteiger partial charge in [-0.3, -0.25) is 0 Å². The van der Waals surface area contributed by atoms with Crippen LogP contribution in [-0.4, -0.2) is 16.2 Å². The first-order valence-corrected chi connectivity index (χ1v) is 7.39. The van der Waals surface area contributed by atoms with Crippen LogP contribution in [0.1, 0.15) is 0 Å². The van der Waals surface area contributed by atoms with Crippen LogP contribution < -0.4 is 4.74 Å². The minimum absolute atomic E-state index is 0.161. The van der Waals surface area contributed by atoms with Gasteiger partial charge in [-0.25, -0.2) is 9.78 Å². The lowest BCUT2D eigenvalue weighted by molar-refractivity contribution is 0.144. The number of thiazole rings is 1. The Morgan fingerprint density at radius 1 is 1.05 bits per heavy atom. The fourth-order valence-corrected chi connectivity index (χ4v) is 3.01. The molecule has 0 aliphatic carbocycles. The van der Waals surface area contributed by atoms with Crippen molar-refractivity contribution in [2.24, 2.45) is 0 Å². The topological polar surface area (TPSA) is 59.4 Å². The van der Waals surface area contributed by atoms with Gasteiger partial charge in [-0.2, -0.15) is 0 Å². The van der Waals surface area contributed by atoms with Crippen LogP contribution in [0.4, 0.5) is 4.79 Å². The molecule has 100 valence electrons. The van der Waals surface area contributed by atoms with Crippen molar-refractivity contribution >= 4 is 39.5 Å². The van der Waals surface area contributed by atoms with E-state index < -0.39 is 6.16 Å². The molecule has 0 atom stereocenters. The van der Waals surface area contributed by atoms with E-state index in [-0.39, 0.29) is 5.19 Å². The molecule has 6 heteroatoms. The van der Waals surface area contributed by atoms with Gasteiger partial charge in [0.1, 0.15) is 0 Å². The van der Waals surface area contributed by atoms with Gasteiger partial charge in [0.2, 0.25) is 0 Å². The molecule has 2 aromatic carbocycles. The molecule has 1 aliphatic heterocycles. The van der Waals surface area contributed by atoms with Crippen LogP contribution in [0.25, 0.3) is 10.2 Å². The molecule has 0 unspecified atom stereocenters. The van der Waals surface area contributed by atoms with Crippen LogP contribution >= 0.6 is 23.1 Å². The van der Waals surface area contributed by atoms with E-state index in [4.69, 9.17) is 5.11 Å². The number of fused-ring (bicyclic) bond motifs is 2. The highest BCUT2D eigenvalue weighted by molar-refractivity contribution is 8.04. The number of nitrogens with zero attached hydrogens (tertiary/aromatic N) is 1. The van der Waals surface area contributed by atoms with Gasteiger partial charge in [-0.1, -0.05) is 47.4 Å². The molecular formula is C14H9NO3S2. The second kappa shape index (κ2) is 5.52. The van der Waals surface area contributed by atoms with Gasteiger partial charge in [0.15, 0.2) is 0 Å². The second-order valence-electron chi connectivity index (χ2n) is 3.86. The quantitative estimate of drug-likeness (QED) is 0.414. The van der Waals surface area contributed by atoms with E-state index in [9.17, 15) is 4.79 Å². The molecule has 1 aliphatic rings. The molecule has 0 amide bonds. The summed E-state index contributed by atoms with van der Waals surface area (Å²) in [7, 11) is 0. The average molecular weight is 303 g/mol. The highest BCUT2D eigenvalue weighted by Gasteiger charge is 2.14. The predicted octanol–water partition coefficient (Wildman–Crippen LogP) is 4.50. The van der Waals surface area contributed by atoms with Gasteiger partial charge in [0.25, 0.3) is 5.19 Å². The summed E-state index contributed by atoms with van der Waals surface area (Å²) in [6, 6.07) is 15.8. The molecule has 3 aromatic rings. The Morgan fingerprint density at radius 3 is 2.30 bits per heavy atom. The van der Waals surface area contributed by atoms with Crippen molar-refractivity contribution < 1.29 is 14.6 Å². The first kappa shape index (κ1) is 13.0. The third-order valence-electron chi connectivity index (χ3n) is 2.48. The van der Waals surface area contributed by atoms with Crippen molar-refractivity contribution in [1.82, 2.24) is 4.98 Å². The van der Waals surface area contributed by atoms with E-state index >= 15 is 0 Å². The van der Waals surface area contributed by atoms with Gasteiger partial charge in [-0.15, -0.1) is 0 Å². The van der Waals surface area contributed by atoms with E-state index in [0.29, 0.717) is 0 Å². The van der Waals surface area contributed by atoms with Crippen molar-refractivity contribution in [3.63, 3.8) is 0 Å². The molecule has 0 bridgehead atoms. The normalized spacial score (nSPS) is 11.2. The molecule has 4 rings (SSSR count). The largest absolute Gasteiger partial charge is 0.513 e. The highest BCUT2D eigenvalue weighted by atomic mass is 32.2. The van der Waals surface area contributed by atoms with Gasteiger partial charge in [0, 0.05) is 9.79 Å². The number of hydrogen-bond donors (Lipinski definition) is 1. The first-order valence-electron chi connectivity index (χ1n) is 5.75. The lowest BCUT2D eigenvalue weighted by Crippen LogP contribution is -2.01. The zero-order valence-corrected chi connectivity index (χ0v) is 11.8. The zero-order chi connectivity index (χ0) is 13.9. The van der Waals surface area contributed by atoms with Crippen LogP contribution in [0.2, 0.25) is 0 Å². The number of rotatable bonds is 1. The highest BCUT2D eigenvalue weighted by Crippen LogP contribution is 2.47. The Labute approximate surface area is 123 Å². The maximum Gasteiger partial charge on any atom is 0.513 e. The third kappa shape index (κ3) is 3.09. The van der Waals surface area contributed by atoms with E-state index in [1.54, 1.807) is 6.07 Å². The number of carboxylic acid groups (broad SMARTS) is 1. The Hall–Kier alpha value is -2.05. The summed E-state index contributed by atoms with van der Waals surface area (Å²) in [5.41, 5.74) is 0.753. The molecule has 20 heavy (non-hydrogen) atoms. The van der Waals surface area contributed by atoms with E-state index in [1.165, 1.54) is 21.1 Å². The van der Waals surface area contributed by atoms with Crippen LogP contribution in [0.5, 0.6) is 5.19 Å². The molecule has 1 N–H and O–H groups in total. The lowest BCUT2D eigenvalue weighted by Gasteiger charge is -1.88. The molecule has 0 fully saturated rings. The maximum atomic E-state index is 10.2. The van der Waals surface area contributed by atoms with E-state index in [0.717, 1.165) is 10.2 Å². The second-order valence-corrected chi connectivity index (χ2v) is 5.94. The third-order valence-corrected chi connectivity index (χ3v) is 4.34. The molecular weight excluding hydrogens is 294 g/mol. The van der Waals surface area contributed by atoms with Gasteiger partial charge >= 0.3 is 6.16 Å². The summed E-state index contributed by atoms with van der Waals surface area (Å²) < 4.78 is 5.34. The molecule has 0 saturated heterocycles. The van der Waals surface area contributed by atoms with E-state index in [2.05, 4.69) is 34.0 Å². The summed E-state index contributed by atoms with van der Waals surface area (Å²) in [6.07, 6.45) is -1.33. The summed E-state index contributed by atoms with van der Waals surface area (Å²) in [5, 5.41) is 8.50. The number of para-hydroxylation sites is 1. The summed E-state index contributed by atoms with van der Waals surface area (Å²) in [5.74, 6) is 0. The van der Waals surface area contributed by atoms with Gasteiger partial charge < -0.3 is 9.84 Å². The minimum atomic E-state index is -1.33. The monoisotopic (exact) mass is 303 g/mol. The van der Waals surface area contributed by atoms with Crippen LogP contribution in [0.15, 0.2) is 58.3 Å². The maximum absolute atomic E-state index is 10.2. The molecule has 4 nitrogen and oxygen atoms in total. The van der Waals surface area contributed by atoms with Crippen molar-refractivity contribution in [2.75, 3.05) is 0 Å². The van der Waals surface area contributed by atoms with Crippen molar-refractivity contribution in [2.45, 2.75) is 9.79 Å². The summed E-state index contributed by atoms with van der Waals surface area (Å²) >= 11 is 3.07. The molecule has 2 heterocycles. The number of carbonyl (C=O) groups is 1. The number of aromatic nitrogens is 1. The fourth-order valence-electron chi connectivity index (χ4n) is 1.58. The van der Waals surface area contributed by atoms with Gasteiger partial charge in [0.05, 0.1) is 10.2 Å². The van der Waals surface area contributed by atoms with Crippen LogP contribution in [-0.2, 0) is 0 Å². The number of benzene rings is 2. The summed E-state index contributed by atoms with van der Waals surface area (Å²) in [4.78, 5) is 17.1. The summed E-state index contributed by atoms with van der Waals surface area (Å²) in [6.45, 7) is 0.